The van der Waals surface area contributed by atoms with E-state index in [-0.39, 0.29) is 26.2 Å². The molecule has 1 aromatic carbocycles. The third-order valence-corrected chi connectivity index (χ3v) is 3.96. The van der Waals surface area contributed by atoms with Gasteiger partial charge in [0.15, 0.2) is 0 Å². The summed E-state index contributed by atoms with van der Waals surface area (Å²) in [6.07, 6.45) is -1.81. The van der Waals surface area contributed by atoms with Gasteiger partial charge in [0, 0.05) is 20.1 Å². The monoisotopic (exact) mass is 351 g/mol. The molecule has 1 heterocycles. The second-order valence-electron chi connectivity index (χ2n) is 5.50. The van der Waals surface area contributed by atoms with E-state index in [1.165, 1.54) is 19.1 Å². The average molecular weight is 351 g/mol. The predicted molar refractivity (Wildman–Crippen MR) is 86.5 cm³/mol. The quantitative estimate of drug-likeness (QED) is 0.813. The second kappa shape index (κ2) is 8.34. The predicted octanol–water partition coefficient (Wildman–Crippen LogP) is 1.01. The van der Waals surface area contributed by atoms with Crippen molar-refractivity contribution < 1.29 is 29.1 Å². The molecule has 1 atom stereocenters. The van der Waals surface area contributed by atoms with Gasteiger partial charge < -0.3 is 14.7 Å². The fraction of sp³-hybridized carbons (Fsp3) is 0.438. The SMILES string of the molecule is CON(C)C(=O)C1CN(C(=O)OCc2ccccc2)CCN1C(=O)O. The summed E-state index contributed by atoms with van der Waals surface area (Å²) in [7, 11) is 2.69. The van der Waals surface area contributed by atoms with Crippen LogP contribution in [0.1, 0.15) is 5.56 Å². The Morgan fingerprint density at radius 3 is 2.52 bits per heavy atom. The van der Waals surface area contributed by atoms with Crippen LogP contribution in [0, 0.1) is 0 Å². The Morgan fingerprint density at radius 2 is 1.92 bits per heavy atom. The van der Waals surface area contributed by atoms with E-state index in [1.54, 1.807) is 0 Å². The minimum absolute atomic E-state index is 0.0176. The van der Waals surface area contributed by atoms with Crippen LogP contribution in [-0.2, 0) is 21.0 Å². The molecule has 9 nitrogen and oxygen atoms in total. The number of carboxylic acid groups (broad SMARTS) is 1. The van der Waals surface area contributed by atoms with E-state index in [1.807, 2.05) is 30.3 Å². The Bertz CT molecular complexity index is 624. The Labute approximate surface area is 145 Å². The largest absolute Gasteiger partial charge is 0.465 e. The topological polar surface area (TPSA) is 99.6 Å². The first-order valence-corrected chi connectivity index (χ1v) is 7.71. The lowest BCUT2D eigenvalue weighted by Gasteiger charge is -2.39. The summed E-state index contributed by atoms with van der Waals surface area (Å²) >= 11 is 0. The molecule has 0 saturated carbocycles. The number of carbonyl (C=O) groups excluding carboxylic acids is 2. The number of hydrogen-bond donors (Lipinski definition) is 1. The number of nitrogens with zero attached hydrogens (tertiary/aromatic N) is 3. The van der Waals surface area contributed by atoms with E-state index in [9.17, 15) is 19.5 Å². The van der Waals surface area contributed by atoms with Crippen molar-refractivity contribution in [2.75, 3.05) is 33.8 Å². The minimum Gasteiger partial charge on any atom is -0.465 e. The lowest BCUT2D eigenvalue weighted by molar-refractivity contribution is -0.175. The number of piperazine rings is 1. The van der Waals surface area contributed by atoms with Crippen molar-refractivity contribution in [2.45, 2.75) is 12.6 Å². The number of rotatable bonds is 4. The number of likely N-dealkylation sites (N-methyl/N-ethyl adjacent to an activating group) is 1. The first-order valence-electron chi connectivity index (χ1n) is 7.71. The molecule has 0 radical (unpaired) electrons. The molecule has 1 saturated heterocycles. The Balaban J connectivity index is 2.01. The maximum atomic E-state index is 12.3. The smallest absolute Gasteiger partial charge is 0.410 e. The highest BCUT2D eigenvalue weighted by Crippen LogP contribution is 2.14. The zero-order valence-electron chi connectivity index (χ0n) is 14.1. The van der Waals surface area contributed by atoms with Gasteiger partial charge in [-0.05, 0) is 5.56 Å². The van der Waals surface area contributed by atoms with Gasteiger partial charge in [-0.1, -0.05) is 30.3 Å². The highest BCUT2D eigenvalue weighted by atomic mass is 16.7. The minimum atomic E-state index is -1.22. The van der Waals surface area contributed by atoms with Crippen LogP contribution in [0.5, 0.6) is 0 Å². The summed E-state index contributed by atoms with van der Waals surface area (Å²) in [5.74, 6) is -0.551. The highest BCUT2D eigenvalue weighted by molar-refractivity contribution is 5.85. The van der Waals surface area contributed by atoms with Crippen molar-refractivity contribution in [2.24, 2.45) is 0 Å². The maximum absolute atomic E-state index is 12.3. The Kier molecular flexibility index (Phi) is 6.18. The lowest BCUT2D eigenvalue weighted by atomic mass is 10.1. The molecule has 0 aromatic heterocycles. The number of hydrogen-bond acceptors (Lipinski definition) is 5. The fourth-order valence-electron chi connectivity index (χ4n) is 2.50. The van der Waals surface area contributed by atoms with Gasteiger partial charge in [0.2, 0.25) is 0 Å². The van der Waals surface area contributed by atoms with Gasteiger partial charge in [0.05, 0.1) is 13.7 Å². The molecule has 3 amide bonds. The van der Waals surface area contributed by atoms with Crippen molar-refractivity contribution in [3.63, 3.8) is 0 Å². The first-order chi connectivity index (χ1) is 11.9. The Hall–Kier alpha value is -2.81. The van der Waals surface area contributed by atoms with Crippen molar-refractivity contribution in [3.05, 3.63) is 35.9 Å². The van der Waals surface area contributed by atoms with Crippen LogP contribution in [0.4, 0.5) is 9.59 Å². The van der Waals surface area contributed by atoms with Crippen LogP contribution < -0.4 is 0 Å². The van der Waals surface area contributed by atoms with Crippen LogP contribution in [0.3, 0.4) is 0 Å². The van der Waals surface area contributed by atoms with Gasteiger partial charge in [-0.3, -0.25) is 14.5 Å². The van der Waals surface area contributed by atoms with Crippen LogP contribution in [0.25, 0.3) is 0 Å². The molecule has 1 N–H and O–H groups in total. The molecule has 136 valence electrons. The number of hydroxylamine groups is 2. The number of benzene rings is 1. The number of ether oxygens (including phenoxy) is 1. The van der Waals surface area contributed by atoms with Crippen molar-refractivity contribution >= 4 is 18.1 Å². The van der Waals surface area contributed by atoms with Crippen LogP contribution in [-0.4, -0.2) is 77.9 Å². The van der Waals surface area contributed by atoms with E-state index in [0.717, 1.165) is 15.5 Å². The number of amides is 3. The first kappa shape index (κ1) is 18.5. The third-order valence-electron chi connectivity index (χ3n) is 3.96. The molecule has 0 spiro atoms. The zero-order valence-corrected chi connectivity index (χ0v) is 14.1. The van der Waals surface area contributed by atoms with Crippen molar-refractivity contribution in [1.82, 2.24) is 14.9 Å². The Morgan fingerprint density at radius 1 is 1.24 bits per heavy atom. The van der Waals surface area contributed by atoms with Gasteiger partial charge in [-0.15, -0.1) is 0 Å². The van der Waals surface area contributed by atoms with Crippen molar-refractivity contribution in [1.29, 1.82) is 0 Å². The fourth-order valence-corrected chi connectivity index (χ4v) is 2.50. The molecule has 1 aromatic rings. The van der Waals surface area contributed by atoms with Gasteiger partial charge in [0.25, 0.3) is 5.91 Å². The summed E-state index contributed by atoms with van der Waals surface area (Å²) in [5, 5.41) is 10.2. The molecule has 9 heteroatoms. The van der Waals surface area contributed by atoms with Gasteiger partial charge in [0.1, 0.15) is 12.6 Å². The lowest BCUT2D eigenvalue weighted by Crippen LogP contribution is -2.61. The van der Waals surface area contributed by atoms with E-state index in [4.69, 9.17) is 9.57 Å². The number of carbonyl (C=O) groups is 3. The van der Waals surface area contributed by atoms with E-state index in [2.05, 4.69) is 0 Å². The van der Waals surface area contributed by atoms with E-state index < -0.39 is 24.1 Å². The molecule has 25 heavy (non-hydrogen) atoms. The molecular formula is C16H21N3O6. The maximum Gasteiger partial charge on any atom is 0.410 e. The van der Waals surface area contributed by atoms with Crippen LogP contribution >= 0.6 is 0 Å². The van der Waals surface area contributed by atoms with Gasteiger partial charge >= 0.3 is 12.2 Å². The molecule has 0 bridgehead atoms. The second-order valence-corrected chi connectivity index (χ2v) is 5.50. The molecule has 1 unspecified atom stereocenters. The summed E-state index contributed by atoms with van der Waals surface area (Å²) in [6, 6.07) is 8.15. The van der Waals surface area contributed by atoms with Gasteiger partial charge in [-0.25, -0.2) is 14.7 Å². The van der Waals surface area contributed by atoms with Crippen molar-refractivity contribution in [3.8, 4) is 0 Å². The van der Waals surface area contributed by atoms with Crippen LogP contribution in [0.2, 0.25) is 0 Å². The normalized spacial score (nSPS) is 17.1. The molecule has 0 aliphatic carbocycles. The molecule has 2 rings (SSSR count). The van der Waals surface area contributed by atoms with E-state index >= 15 is 0 Å². The average Bonchev–Trinajstić information content (AvgIpc) is 2.65. The van der Waals surface area contributed by atoms with E-state index in [0.29, 0.717) is 0 Å². The third kappa shape index (κ3) is 4.60. The summed E-state index contributed by atoms with van der Waals surface area (Å²) in [5.41, 5.74) is 0.840. The summed E-state index contributed by atoms with van der Waals surface area (Å²) in [6.45, 7) is 0.187. The van der Waals surface area contributed by atoms with Gasteiger partial charge in [-0.2, -0.15) is 0 Å². The van der Waals surface area contributed by atoms with Crippen LogP contribution in [0.15, 0.2) is 30.3 Å². The molecule has 1 aliphatic heterocycles. The molecule has 1 fully saturated rings. The standard InChI is InChI=1S/C16H21N3O6/c1-17(24-2)14(20)13-10-18(8-9-19(13)15(21)22)16(23)25-11-12-6-4-3-5-7-12/h3-7,13H,8-11H2,1-2H3,(H,21,22). The zero-order chi connectivity index (χ0) is 18.4. The molecular weight excluding hydrogens is 330 g/mol. The summed E-state index contributed by atoms with van der Waals surface area (Å²) < 4.78 is 5.24. The molecule has 1 aliphatic rings. The summed E-state index contributed by atoms with van der Waals surface area (Å²) in [4.78, 5) is 43.0. The highest BCUT2D eigenvalue weighted by Gasteiger charge is 2.39.